The Morgan fingerprint density at radius 1 is 0.520 bits per heavy atom. The van der Waals surface area contributed by atoms with Crippen molar-refractivity contribution in [2.75, 3.05) is 39.3 Å². The van der Waals surface area contributed by atoms with E-state index in [1.165, 1.54) is 9.80 Å². The molecule has 0 aliphatic heterocycles. The molecule has 0 atom stereocenters. The van der Waals surface area contributed by atoms with Gasteiger partial charge in [0.05, 0.1) is 26.2 Å². The van der Waals surface area contributed by atoms with Gasteiger partial charge in [-0.25, -0.2) is 0 Å². The Balaban J connectivity index is 0. The zero-order valence-electron chi connectivity index (χ0n) is 14.4. The molecule has 1 radical (unpaired) electrons. The van der Waals surface area contributed by atoms with Crippen molar-refractivity contribution >= 4 is 53.4 Å². The quantitative estimate of drug-likeness (QED) is 0.210. The summed E-state index contributed by atoms with van der Waals surface area (Å²) in [5.41, 5.74) is 0. The number of hydrogen-bond donors (Lipinski definition) is 4. The molecular formula is C14H24N2NaO8. The van der Waals surface area contributed by atoms with Crippen molar-refractivity contribution in [1.29, 1.82) is 0 Å². The Morgan fingerprint density at radius 2 is 0.760 bits per heavy atom. The predicted octanol–water partition coefficient (Wildman–Crippen LogP) is -0.892. The molecule has 0 heterocycles. The van der Waals surface area contributed by atoms with E-state index in [-0.39, 0.29) is 55.7 Å². The summed E-state index contributed by atoms with van der Waals surface area (Å²) in [5, 5.41) is 34.8. The number of unbranched alkanes of at least 4 members (excludes halogenated alkanes) is 3. The minimum atomic E-state index is -1.09. The van der Waals surface area contributed by atoms with E-state index >= 15 is 0 Å². The van der Waals surface area contributed by atoms with Gasteiger partial charge in [0.15, 0.2) is 0 Å². The predicted molar refractivity (Wildman–Crippen MR) is 87.6 cm³/mol. The molecule has 0 bridgehead atoms. The maximum Gasteiger partial charge on any atom is 0.317 e. The van der Waals surface area contributed by atoms with Crippen LogP contribution in [0, 0.1) is 0 Å². The molecular weight excluding hydrogens is 347 g/mol. The van der Waals surface area contributed by atoms with Crippen LogP contribution in [0.1, 0.15) is 25.7 Å². The van der Waals surface area contributed by atoms with Crippen LogP contribution in [0.5, 0.6) is 0 Å². The molecule has 0 aromatic heterocycles. The molecule has 0 aliphatic carbocycles. The van der Waals surface area contributed by atoms with Crippen LogP contribution in [-0.4, -0.2) is 123 Å². The van der Waals surface area contributed by atoms with Crippen LogP contribution in [0.15, 0.2) is 0 Å². The SMILES string of the molecule is O=C(O)CN(CCCCCCN(CC(=O)O)CC(=O)O)CC(=O)O.[Na]. The third kappa shape index (κ3) is 17.4. The maximum atomic E-state index is 10.6. The van der Waals surface area contributed by atoms with E-state index in [4.69, 9.17) is 20.4 Å². The fourth-order valence-corrected chi connectivity index (χ4v) is 2.22. The van der Waals surface area contributed by atoms with Gasteiger partial charge in [0.1, 0.15) is 0 Å². The number of nitrogens with zero attached hydrogens (tertiary/aromatic N) is 2. The third-order valence-electron chi connectivity index (χ3n) is 3.13. The van der Waals surface area contributed by atoms with Crippen molar-refractivity contribution in [2.45, 2.75) is 25.7 Å². The monoisotopic (exact) mass is 371 g/mol. The second-order valence-corrected chi connectivity index (χ2v) is 5.41. The van der Waals surface area contributed by atoms with Crippen molar-refractivity contribution in [3.8, 4) is 0 Å². The van der Waals surface area contributed by atoms with Gasteiger partial charge in [-0.1, -0.05) is 12.8 Å². The van der Waals surface area contributed by atoms with Gasteiger partial charge < -0.3 is 20.4 Å². The van der Waals surface area contributed by atoms with E-state index in [2.05, 4.69) is 0 Å². The molecule has 0 aliphatic rings. The van der Waals surface area contributed by atoms with Gasteiger partial charge in [-0.3, -0.25) is 29.0 Å². The zero-order valence-corrected chi connectivity index (χ0v) is 16.4. The second kappa shape index (κ2) is 15.1. The van der Waals surface area contributed by atoms with Gasteiger partial charge in [-0.15, -0.1) is 0 Å². The summed E-state index contributed by atoms with van der Waals surface area (Å²) >= 11 is 0. The first kappa shape index (κ1) is 26.0. The van der Waals surface area contributed by atoms with Crippen LogP contribution in [0.3, 0.4) is 0 Å². The normalized spacial score (nSPS) is 10.5. The van der Waals surface area contributed by atoms with E-state index in [1.54, 1.807) is 0 Å². The molecule has 25 heavy (non-hydrogen) atoms. The van der Waals surface area contributed by atoms with Crippen LogP contribution in [0.2, 0.25) is 0 Å². The number of carbonyl (C=O) groups is 4. The molecule has 0 spiro atoms. The standard InChI is InChI=1S/C14H24N2O8.Na/c17-11(18)7-15(8-12(19)20)5-3-1-2-4-6-16(9-13(21)22)10-14(23)24;/h1-10H2,(H,17,18)(H,19,20)(H,21,22)(H,23,24);. The summed E-state index contributed by atoms with van der Waals surface area (Å²) in [6.07, 6.45) is 2.64. The summed E-state index contributed by atoms with van der Waals surface area (Å²) in [5.74, 6) is -4.35. The van der Waals surface area contributed by atoms with Gasteiger partial charge in [0.2, 0.25) is 0 Å². The van der Waals surface area contributed by atoms with E-state index in [1.807, 2.05) is 0 Å². The van der Waals surface area contributed by atoms with Gasteiger partial charge in [-0.05, 0) is 25.9 Å². The number of carboxylic acid groups (broad SMARTS) is 4. The molecule has 0 aromatic carbocycles. The summed E-state index contributed by atoms with van der Waals surface area (Å²) in [6, 6.07) is 0. The molecule has 0 rings (SSSR count). The molecule has 0 fully saturated rings. The van der Waals surface area contributed by atoms with Crippen molar-refractivity contribution in [2.24, 2.45) is 0 Å². The molecule has 0 saturated heterocycles. The van der Waals surface area contributed by atoms with Gasteiger partial charge >= 0.3 is 23.9 Å². The van der Waals surface area contributed by atoms with Crippen molar-refractivity contribution in [3.63, 3.8) is 0 Å². The summed E-state index contributed by atoms with van der Waals surface area (Å²) in [4.78, 5) is 45.2. The van der Waals surface area contributed by atoms with Crippen LogP contribution in [-0.2, 0) is 19.2 Å². The summed E-state index contributed by atoms with van der Waals surface area (Å²) in [7, 11) is 0. The number of hydrogen-bond acceptors (Lipinski definition) is 6. The molecule has 11 heteroatoms. The van der Waals surface area contributed by atoms with Gasteiger partial charge in [0, 0.05) is 29.6 Å². The van der Waals surface area contributed by atoms with Crippen LogP contribution in [0.4, 0.5) is 0 Å². The fourth-order valence-electron chi connectivity index (χ4n) is 2.22. The Morgan fingerprint density at radius 3 is 0.960 bits per heavy atom. The number of carboxylic acids is 4. The average molecular weight is 371 g/mol. The van der Waals surface area contributed by atoms with Crippen molar-refractivity contribution in [1.82, 2.24) is 9.80 Å². The Labute approximate surface area is 167 Å². The molecule has 139 valence electrons. The van der Waals surface area contributed by atoms with Crippen molar-refractivity contribution < 1.29 is 39.6 Å². The van der Waals surface area contributed by atoms with E-state index < -0.39 is 23.9 Å². The molecule has 10 nitrogen and oxygen atoms in total. The molecule has 0 aromatic rings. The van der Waals surface area contributed by atoms with Gasteiger partial charge in [0.25, 0.3) is 0 Å². The zero-order chi connectivity index (χ0) is 18.5. The smallest absolute Gasteiger partial charge is 0.317 e. The number of aliphatic carboxylic acids is 4. The van der Waals surface area contributed by atoms with E-state index in [0.29, 0.717) is 38.8 Å². The number of rotatable bonds is 15. The molecule has 0 unspecified atom stereocenters. The molecule has 0 saturated carbocycles. The van der Waals surface area contributed by atoms with Crippen LogP contribution < -0.4 is 0 Å². The molecule has 4 N–H and O–H groups in total. The van der Waals surface area contributed by atoms with Crippen LogP contribution in [0.25, 0.3) is 0 Å². The summed E-state index contributed by atoms with van der Waals surface area (Å²) < 4.78 is 0. The Hall–Kier alpha value is -1.20. The van der Waals surface area contributed by atoms with Gasteiger partial charge in [-0.2, -0.15) is 0 Å². The summed E-state index contributed by atoms with van der Waals surface area (Å²) in [6.45, 7) is -0.664. The fraction of sp³-hybridized carbons (Fsp3) is 0.714. The average Bonchev–Trinajstić information content (AvgIpc) is 2.39. The maximum absolute atomic E-state index is 10.6. The van der Waals surface area contributed by atoms with E-state index in [9.17, 15) is 19.2 Å². The first-order valence-corrected chi connectivity index (χ1v) is 7.52. The largest absolute Gasteiger partial charge is 0.480 e. The second-order valence-electron chi connectivity index (χ2n) is 5.41. The molecule has 0 amide bonds. The minimum Gasteiger partial charge on any atom is -0.480 e. The first-order valence-electron chi connectivity index (χ1n) is 7.52. The topological polar surface area (TPSA) is 156 Å². The van der Waals surface area contributed by atoms with E-state index in [0.717, 1.165) is 0 Å². The Kier molecular flexibility index (Phi) is 15.7. The minimum absolute atomic E-state index is 0. The first-order chi connectivity index (χ1) is 11.2. The van der Waals surface area contributed by atoms with Crippen LogP contribution >= 0.6 is 0 Å². The van der Waals surface area contributed by atoms with Crippen molar-refractivity contribution in [3.05, 3.63) is 0 Å². The third-order valence-corrected chi connectivity index (χ3v) is 3.13. The Bertz CT molecular complexity index is 375.